The Bertz CT molecular complexity index is 472. The predicted molar refractivity (Wildman–Crippen MR) is 76.1 cm³/mol. The number of imidazole rings is 1. The molecule has 2 atom stereocenters. The fourth-order valence-electron chi connectivity index (χ4n) is 2.87. The highest BCUT2D eigenvalue weighted by Crippen LogP contribution is 2.24. The first kappa shape index (κ1) is 15.0. The molecule has 20 heavy (non-hydrogen) atoms. The van der Waals surface area contributed by atoms with Gasteiger partial charge in [0.05, 0.1) is 11.8 Å². The summed E-state index contributed by atoms with van der Waals surface area (Å²) in [5.74, 6) is 0.944. The number of methoxy groups -OCH3 is 1. The van der Waals surface area contributed by atoms with E-state index in [1.54, 1.807) is 7.11 Å². The highest BCUT2D eigenvalue weighted by molar-refractivity contribution is 5.74. The Kier molecular flexibility index (Phi) is 4.77. The second-order valence-corrected chi connectivity index (χ2v) is 5.51. The van der Waals surface area contributed by atoms with E-state index >= 15 is 0 Å². The molecule has 2 rings (SSSR count). The standard InChI is InChI=1S/C14H24N4O2/c1-4-14-16-9(2)11(17-14)7-18-6-10(5-13(15)19)12(8-18)20-3/h10,12H,4-8H2,1-3H3,(H2,15,19)(H,16,17)/t10-,12-/m0/s1. The van der Waals surface area contributed by atoms with Crippen LogP contribution in [0, 0.1) is 12.8 Å². The van der Waals surface area contributed by atoms with Gasteiger partial charge in [0.2, 0.25) is 5.91 Å². The molecular weight excluding hydrogens is 256 g/mol. The zero-order valence-corrected chi connectivity index (χ0v) is 12.5. The molecule has 0 saturated carbocycles. The Morgan fingerprint density at radius 1 is 1.55 bits per heavy atom. The van der Waals surface area contributed by atoms with Gasteiger partial charge in [-0.15, -0.1) is 0 Å². The number of nitrogens with one attached hydrogen (secondary N) is 1. The van der Waals surface area contributed by atoms with Crippen LogP contribution in [-0.2, 0) is 22.5 Å². The van der Waals surface area contributed by atoms with Crippen LogP contribution in [0.1, 0.15) is 30.6 Å². The van der Waals surface area contributed by atoms with E-state index in [1.165, 1.54) is 0 Å². The summed E-state index contributed by atoms with van der Waals surface area (Å²) in [5, 5.41) is 0. The van der Waals surface area contributed by atoms with Crippen LogP contribution in [0.4, 0.5) is 0 Å². The number of carbonyl (C=O) groups is 1. The van der Waals surface area contributed by atoms with Gasteiger partial charge < -0.3 is 15.5 Å². The monoisotopic (exact) mass is 280 g/mol. The summed E-state index contributed by atoms with van der Waals surface area (Å²) >= 11 is 0. The van der Waals surface area contributed by atoms with Gasteiger partial charge in [0.1, 0.15) is 5.82 Å². The molecule has 0 unspecified atom stereocenters. The maximum atomic E-state index is 11.1. The second-order valence-electron chi connectivity index (χ2n) is 5.51. The quantitative estimate of drug-likeness (QED) is 0.799. The Hall–Kier alpha value is -1.40. The third-order valence-corrected chi connectivity index (χ3v) is 3.97. The van der Waals surface area contributed by atoms with Gasteiger partial charge in [-0.05, 0) is 6.92 Å². The Labute approximate surface area is 119 Å². The van der Waals surface area contributed by atoms with Crippen LogP contribution in [0.2, 0.25) is 0 Å². The lowest BCUT2D eigenvalue weighted by Crippen LogP contribution is -2.26. The average molecular weight is 280 g/mol. The number of primary amides is 1. The van der Waals surface area contributed by atoms with Gasteiger partial charge in [-0.1, -0.05) is 6.92 Å². The van der Waals surface area contributed by atoms with E-state index in [4.69, 9.17) is 10.5 Å². The van der Waals surface area contributed by atoms with E-state index in [-0.39, 0.29) is 17.9 Å². The largest absolute Gasteiger partial charge is 0.380 e. The van der Waals surface area contributed by atoms with Crippen molar-refractivity contribution in [1.82, 2.24) is 14.9 Å². The summed E-state index contributed by atoms with van der Waals surface area (Å²) in [5.41, 5.74) is 7.50. The number of nitrogens with two attached hydrogens (primary N) is 1. The van der Waals surface area contributed by atoms with E-state index < -0.39 is 0 Å². The van der Waals surface area contributed by atoms with Gasteiger partial charge in [-0.2, -0.15) is 0 Å². The van der Waals surface area contributed by atoms with Gasteiger partial charge in [-0.25, -0.2) is 4.98 Å². The smallest absolute Gasteiger partial charge is 0.217 e. The molecule has 6 heteroatoms. The molecule has 0 radical (unpaired) electrons. The average Bonchev–Trinajstić information content (AvgIpc) is 2.93. The van der Waals surface area contributed by atoms with Crippen LogP contribution in [0.15, 0.2) is 0 Å². The summed E-state index contributed by atoms with van der Waals surface area (Å²) in [6.07, 6.45) is 1.37. The summed E-state index contributed by atoms with van der Waals surface area (Å²) in [6.45, 7) is 6.57. The van der Waals surface area contributed by atoms with Crippen molar-refractivity contribution >= 4 is 5.91 Å². The van der Waals surface area contributed by atoms with Crippen molar-refractivity contribution in [3.8, 4) is 0 Å². The van der Waals surface area contributed by atoms with E-state index in [0.717, 1.165) is 43.3 Å². The van der Waals surface area contributed by atoms with Crippen LogP contribution in [0.3, 0.4) is 0 Å². The second kappa shape index (κ2) is 6.37. The van der Waals surface area contributed by atoms with Crippen LogP contribution >= 0.6 is 0 Å². The third kappa shape index (κ3) is 3.37. The lowest BCUT2D eigenvalue weighted by Gasteiger charge is -2.14. The molecule has 1 fully saturated rings. The van der Waals surface area contributed by atoms with Crippen molar-refractivity contribution in [3.63, 3.8) is 0 Å². The van der Waals surface area contributed by atoms with Gasteiger partial charge in [-0.3, -0.25) is 9.69 Å². The molecule has 0 aliphatic carbocycles. The van der Waals surface area contributed by atoms with Crippen molar-refractivity contribution in [2.75, 3.05) is 20.2 Å². The van der Waals surface area contributed by atoms with E-state index in [9.17, 15) is 4.79 Å². The fourth-order valence-corrected chi connectivity index (χ4v) is 2.87. The van der Waals surface area contributed by atoms with Gasteiger partial charge in [0.15, 0.2) is 0 Å². The molecule has 1 saturated heterocycles. The zero-order chi connectivity index (χ0) is 14.7. The number of hydrogen-bond acceptors (Lipinski definition) is 4. The number of amides is 1. The van der Waals surface area contributed by atoms with E-state index in [2.05, 4.69) is 21.8 Å². The highest BCUT2D eigenvalue weighted by Gasteiger charge is 2.34. The number of likely N-dealkylation sites (tertiary alicyclic amines) is 1. The number of rotatable bonds is 6. The lowest BCUT2D eigenvalue weighted by atomic mass is 10.0. The Balaban J connectivity index is 2.00. The molecule has 0 aromatic carbocycles. The number of ether oxygens (including phenoxy) is 1. The first-order valence-corrected chi connectivity index (χ1v) is 7.11. The minimum Gasteiger partial charge on any atom is -0.380 e. The normalized spacial score (nSPS) is 23.4. The highest BCUT2D eigenvalue weighted by atomic mass is 16.5. The van der Waals surface area contributed by atoms with E-state index in [0.29, 0.717) is 6.42 Å². The number of aromatic nitrogens is 2. The van der Waals surface area contributed by atoms with Crippen LogP contribution in [-0.4, -0.2) is 47.1 Å². The van der Waals surface area contributed by atoms with Gasteiger partial charge >= 0.3 is 0 Å². The van der Waals surface area contributed by atoms with Crippen molar-refractivity contribution in [2.45, 2.75) is 39.3 Å². The number of H-pyrrole nitrogens is 1. The maximum absolute atomic E-state index is 11.1. The molecule has 1 amide bonds. The minimum absolute atomic E-state index is 0.0763. The zero-order valence-electron chi connectivity index (χ0n) is 12.5. The molecule has 0 spiro atoms. The summed E-state index contributed by atoms with van der Waals surface area (Å²) < 4.78 is 5.47. The SMILES string of the molecule is CCc1nc(CN2C[C@H](CC(N)=O)[C@@H](OC)C2)c(C)[nH]1. The molecule has 2 heterocycles. The molecule has 112 valence electrons. The third-order valence-electron chi connectivity index (χ3n) is 3.97. The minimum atomic E-state index is -0.261. The summed E-state index contributed by atoms with van der Waals surface area (Å²) in [7, 11) is 1.69. The molecule has 0 bridgehead atoms. The number of aryl methyl sites for hydroxylation is 2. The lowest BCUT2D eigenvalue weighted by molar-refractivity contribution is -0.119. The molecule has 1 aromatic heterocycles. The van der Waals surface area contributed by atoms with Crippen LogP contribution < -0.4 is 5.73 Å². The molecule has 6 nitrogen and oxygen atoms in total. The van der Waals surface area contributed by atoms with Crippen LogP contribution in [0.25, 0.3) is 0 Å². The number of hydrogen-bond donors (Lipinski definition) is 2. The van der Waals surface area contributed by atoms with Gasteiger partial charge in [0, 0.05) is 51.2 Å². The first-order valence-electron chi connectivity index (χ1n) is 7.11. The molecule has 1 aliphatic rings. The summed E-state index contributed by atoms with van der Waals surface area (Å²) in [6, 6.07) is 0. The van der Waals surface area contributed by atoms with Crippen molar-refractivity contribution in [2.24, 2.45) is 11.7 Å². The Morgan fingerprint density at radius 2 is 2.30 bits per heavy atom. The molecule has 1 aromatic rings. The topological polar surface area (TPSA) is 84.2 Å². The van der Waals surface area contributed by atoms with E-state index in [1.807, 2.05) is 6.92 Å². The maximum Gasteiger partial charge on any atom is 0.217 e. The van der Waals surface area contributed by atoms with Crippen molar-refractivity contribution in [1.29, 1.82) is 0 Å². The molecule has 1 aliphatic heterocycles. The first-order chi connectivity index (χ1) is 9.53. The number of carbonyl (C=O) groups excluding carboxylic acids is 1. The number of nitrogens with zero attached hydrogens (tertiary/aromatic N) is 2. The summed E-state index contributed by atoms with van der Waals surface area (Å²) in [4.78, 5) is 21.3. The van der Waals surface area contributed by atoms with Crippen LogP contribution in [0.5, 0.6) is 0 Å². The predicted octanol–water partition coefficient (Wildman–Crippen LogP) is 0.603. The molecule has 3 N–H and O–H groups in total. The molecular formula is C14H24N4O2. The van der Waals surface area contributed by atoms with Crippen molar-refractivity contribution in [3.05, 3.63) is 17.2 Å². The Morgan fingerprint density at radius 3 is 2.85 bits per heavy atom. The fraction of sp³-hybridized carbons (Fsp3) is 0.714. The van der Waals surface area contributed by atoms with Gasteiger partial charge in [0.25, 0.3) is 0 Å². The number of aromatic amines is 1. The van der Waals surface area contributed by atoms with Crippen molar-refractivity contribution < 1.29 is 9.53 Å².